The Bertz CT molecular complexity index is 767. The molecule has 1 amide bonds. The highest BCUT2D eigenvalue weighted by atomic mass is 16.5. The lowest BCUT2D eigenvalue weighted by atomic mass is 9.90. The van der Waals surface area contributed by atoms with Crippen LogP contribution in [0, 0.1) is 0 Å². The van der Waals surface area contributed by atoms with Crippen LogP contribution in [0.3, 0.4) is 0 Å². The number of carbonyl (C=O) groups excluding carboxylic acids is 1. The van der Waals surface area contributed by atoms with Gasteiger partial charge in [0.05, 0.1) is 6.61 Å². The molecule has 2 aromatic rings. The lowest BCUT2D eigenvalue weighted by Crippen LogP contribution is -2.61. The van der Waals surface area contributed by atoms with Crippen LogP contribution in [-0.2, 0) is 14.3 Å². The molecule has 2 atom stereocenters. The Balaban J connectivity index is 1.75. The van der Waals surface area contributed by atoms with Crippen molar-refractivity contribution in [3.05, 3.63) is 60.2 Å². The van der Waals surface area contributed by atoms with E-state index in [-0.39, 0.29) is 11.9 Å². The van der Waals surface area contributed by atoms with Crippen LogP contribution in [0.4, 0.5) is 0 Å². The van der Waals surface area contributed by atoms with Crippen LogP contribution in [0.1, 0.15) is 24.9 Å². The summed E-state index contributed by atoms with van der Waals surface area (Å²) in [7, 11) is 1.64. The summed E-state index contributed by atoms with van der Waals surface area (Å²) < 4.78 is 22.3. The maximum Gasteiger partial charge on any atom is 0.266 e. The van der Waals surface area contributed by atoms with Crippen LogP contribution in [0.5, 0.6) is 11.5 Å². The minimum Gasteiger partial charge on any atom is -0.491 e. The molecule has 1 heterocycles. The molecule has 6 heteroatoms. The Labute approximate surface area is 172 Å². The predicted octanol–water partition coefficient (Wildman–Crippen LogP) is 3.47. The largest absolute Gasteiger partial charge is 0.491 e. The van der Waals surface area contributed by atoms with Crippen LogP contribution in [0.25, 0.3) is 0 Å². The van der Waals surface area contributed by atoms with Crippen LogP contribution < -0.4 is 9.47 Å². The zero-order valence-electron chi connectivity index (χ0n) is 17.1. The second kappa shape index (κ2) is 10.8. The molecule has 0 bridgehead atoms. The first-order chi connectivity index (χ1) is 14.2. The van der Waals surface area contributed by atoms with Gasteiger partial charge in [-0.2, -0.15) is 0 Å². The highest BCUT2D eigenvalue weighted by Gasteiger charge is 2.49. The number of hydrogen-bond acceptors (Lipinski definition) is 5. The molecule has 0 N–H and O–H groups in total. The monoisotopic (exact) mass is 399 g/mol. The van der Waals surface area contributed by atoms with E-state index in [0.717, 1.165) is 17.7 Å². The van der Waals surface area contributed by atoms with Gasteiger partial charge in [-0.1, -0.05) is 30.3 Å². The number of carbonyl (C=O) groups is 1. The van der Waals surface area contributed by atoms with Crippen molar-refractivity contribution in [2.24, 2.45) is 0 Å². The molecule has 6 nitrogen and oxygen atoms in total. The first-order valence-electron chi connectivity index (χ1n) is 10.1. The van der Waals surface area contributed by atoms with Gasteiger partial charge in [0, 0.05) is 26.9 Å². The summed E-state index contributed by atoms with van der Waals surface area (Å²) in [5.41, 5.74) is 0.997. The van der Waals surface area contributed by atoms with E-state index < -0.39 is 6.10 Å². The van der Waals surface area contributed by atoms with Gasteiger partial charge in [0.15, 0.2) is 0 Å². The second-order valence-electron chi connectivity index (χ2n) is 6.79. The van der Waals surface area contributed by atoms with Crippen molar-refractivity contribution in [3.63, 3.8) is 0 Å². The Morgan fingerprint density at radius 3 is 2.52 bits per heavy atom. The van der Waals surface area contributed by atoms with Crippen molar-refractivity contribution in [2.75, 3.05) is 40.1 Å². The predicted molar refractivity (Wildman–Crippen MR) is 110 cm³/mol. The van der Waals surface area contributed by atoms with Crippen molar-refractivity contribution < 1.29 is 23.7 Å². The Hall–Kier alpha value is -2.57. The smallest absolute Gasteiger partial charge is 0.266 e. The molecule has 2 aromatic carbocycles. The Morgan fingerprint density at radius 1 is 0.966 bits per heavy atom. The maximum absolute atomic E-state index is 12.8. The molecule has 0 unspecified atom stereocenters. The van der Waals surface area contributed by atoms with Crippen molar-refractivity contribution in [1.82, 2.24) is 4.90 Å². The van der Waals surface area contributed by atoms with Gasteiger partial charge in [-0.25, -0.2) is 0 Å². The van der Waals surface area contributed by atoms with E-state index in [0.29, 0.717) is 38.7 Å². The number of nitrogens with zero attached hydrogens (tertiary/aromatic N) is 1. The fraction of sp³-hybridized carbons (Fsp3) is 0.435. The molecule has 0 saturated carbocycles. The van der Waals surface area contributed by atoms with Gasteiger partial charge in [0.2, 0.25) is 6.10 Å². The molecule has 0 aromatic heterocycles. The van der Waals surface area contributed by atoms with E-state index in [1.165, 1.54) is 0 Å². The molecule has 156 valence electrons. The lowest BCUT2D eigenvalue weighted by Gasteiger charge is -2.47. The summed E-state index contributed by atoms with van der Waals surface area (Å²) in [6, 6.07) is 17.1. The third-order valence-corrected chi connectivity index (χ3v) is 4.80. The number of para-hydroxylation sites is 1. The molecule has 0 aliphatic carbocycles. The van der Waals surface area contributed by atoms with Crippen LogP contribution in [0.2, 0.25) is 0 Å². The Kier molecular flexibility index (Phi) is 7.90. The van der Waals surface area contributed by atoms with Crippen LogP contribution in [0.15, 0.2) is 54.6 Å². The summed E-state index contributed by atoms with van der Waals surface area (Å²) in [6.45, 7) is 4.92. The molecule has 0 radical (unpaired) electrons. The zero-order chi connectivity index (χ0) is 20.5. The number of likely N-dealkylation sites (tertiary alicyclic amines) is 1. The van der Waals surface area contributed by atoms with Crippen LogP contribution in [-0.4, -0.2) is 57.0 Å². The summed E-state index contributed by atoms with van der Waals surface area (Å²) in [6.07, 6.45) is 0.247. The third-order valence-electron chi connectivity index (χ3n) is 4.80. The average Bonchev–Trinajstić information content (AvgIpc) is 2.75. The number of rotatable bonds is 12. The minimum absolute atomic E-state index is 0.000978. The third kappa shape index (κ3) is 5.49. The van der Waals surface area contributed by atoms with Gasteiger partial charge in [0.25, 0.3) is 5.91 Å². The van der Waals surface area contributed by atoms with Crippen LogP contribution >= 0.6 is 0 Å². The first-order valence-corrected chi connectivity index (χ1v) is 10.1. The molecule has 1 saturated heterocycles. The summed E-state index contributed by atoms with van der Waals surface area (Å²) in [5.74, 6) is 1.45. The van der Waals surface area contributed by atoms with E-state index in [4.69, 9.17) is 18.9 Å². The van der Waals surface area contributed by atoms with E-state index in [2.05, 4.69) is 0 Å². The first kappa shape index (κ1) is 21.1. The molecule has 3 rings (SSSR count). The van der Waals surface area contributed by atoms with Gasteiger partial charge < -0.3 is 23.8 Å². The van der Waals surface area contributed by atoms with E-state index in [1.54, 1.807) is 7.11 Å². The fourth-order valence-electron chi connectivity index (χ4n) is 3.39. The van der Waals surface area contributed by atoms with Gasteiger partial charge in [-0.3, -0.25) is 4.79 Å². The van der Waals surface area contributed by atoms with E-state index in [1.807, 2.05) is 66.4 Å². The van der Waals surface area contributed by atoms with Crippen molar-refractivity contribution in [2.45, 2.75) is 25.5 Å². The molecule has 29 heavy (non-hydrogen) atoms. The molecule has 0 spiro atoms. The normalized spacial score (nSPS) is 18.4. The van der Waals surface area contributed by atoms with Gasteiger partial charge in [-0.05, 0) is 43.2 Å². The summed E-state index contributed by atoms with van der Waals surface area (Å²) in [5, 5.41) is 0. The molecule has 1 aliphatic rings. The zero-order valence-corrected chi connectivity index (χ0v) is 17.1. The van der Waals surface area contributed by atoms with Gasteiger partial charge >= 0.3 is 0 Å². The number of ether oxygens (including phenoxy) is 4. The number of hydrogen-bond donors (Lipinski definition) is 0. The summed E-state index contributed by atoms with van der Waals surface area (Å²) >= 11 is 0. The quantitative estimate of drug-likeness (QED) is 0.404. The molecule has 1 fully saturated rings. The van der Waals surface area contributed by atoms with E-state index >= 15 is 0 Å². The lowest BCUT2D eigenvalue weighted by molar-refractivity contribution is -0.164. The Morgan fingerprint density at radius 2 is 1.76 bits per heavy atom. The fourth-order valence-corrected chi connectivity index (χ4v) is 3.39. The second-order valence-corrected chi connectivity index (χ2v) is 6.79. The minimum atomic E-state index is -0.543. The maximum atomic E-state index is 12.8. The highest BCUT2D eigenvalue weighted by Crippen LogP contribution is 2.38. The SMILES string of the molecule is CCOCCCN1C(=O)[C@@H](Oc2ccccc2)[C@H]1c1cccc(OCCOC)c1. The molecular weight excluding hydrogens is 370 g/mol. The summed E-state index contributed by atoms with van der Waals surface area (Å²) in [4.78, 5) is 14.7. The number of β-lactam (4-membered cyclic amide) rings is 1. The average molecular weight is 399 g/mol. The van der Waals surface area contributed by atoms with E-state index in [9.17, 15) is 4.79 Å². The number of benzene rings is 2. The molecule has 1 aliphatic heterocycles. The van der Waals surface area contributed by atoms with Crippen molar-refractivity contribution in [3.8, 4) is 11.5 Å². The number of amides is 1. The standard InChI is InChI=1S/C23H29NO5/c1-3-27-14-8-13-24-21(18-9-7-12-20(17-18)28-16-15-26-2)22(23(24)25)29-19-10-5-4-6-11-19/h4-7,9-12,17,21-22H,3,8,13-16H2,1-2H3/t21-,22+/m1/s1. The van der Waals surface area contributed by atoms with Gasteiger partial charge in [-0.15, -0.1) is 0 Å². The van der Waals surface area contributed by atoms with Crippen molar-refractivity contribution in [1.29, 1.82) is 0 Å². The number of methoxy groups -OCH3 is 1. The highest BCUT2D eigenvalue weighted by molar-refractivity contribution is 5.89. The van der Waals surface area contributed by atoms with Crippen molar-refractivity contribution >= 4 is 5.91 Å². The van der Waals surface area contributed by atoms with Gasteiger partial charge in [0.1, 0.15) is 24.1 Å². The molecular formula is C23H29NO5. The topological polar surface area (TPSA) is 57.2 Å².